The van der Waals surface area contributed by atoms with Crippen molar-refractivity contribution in [2.75, 3.05) is 38.5 Å². The first-order valence-corrected chi connectivity index (χ1v) is 6.21. The lowest BCUT2D eigenvalue weighted by atomic mass is 10.1. The second-order valence-corrected chi connectivity index (χ2v) is 4.72. The molecular formula is C12H19N3S. The van der Waals surface area contributed by atoms with Crippen LogP contribution in [0.5, 0.6) is 0 Å². The fourth-order valence-electron chi connectivity index (χ4n) is 1.97. The van der Waals surface area contributed by atoms with Crippen molar-refractivity contribution in [1.29, 1.82) is 0 Å². The van der Waals surface area contributed by atoms with Crippen LogP contribution < -0.4 is 11.1 Å². The number of nitrogens with one attached hydrogen (secondary N) is 1. The van der Waals surface area contributed by atoms with Gasteiger partial charge in [0.2, 0.25) is 0 Å². The third kappa shape index (κ3) is 3.14. The van der Waals surface area contributed by atoms with Gasteiger partial charge in [-0.15, -0.1) is 12.6 Å². The average molecular weight is 237 g/mol. The van der Waals surface area contributed by atoms with Gasteiger partial charge in [-0.1, -0.05) is 6.07 Å². The van der Waals surface area contributed by atoms with Crippen LogP contribution in [0.2, 0.25) is 0 Å². The first-order valence-electron chi connectivity index (χ1n) is 5.76. The molecule has 0 atom stereocenters. The second kappa shape index (κ2) is 5.57. The van der Waals surface area contributed by atoms with Gasteiger partial charge in [-0.3, -0.25) is 0 Å². The third-order valence-electron chi connectivity index (χ3n) is 3.02. The molecule has 88 valence electrons. The topological polar surface area (TPSA) is 41.3 Å². The molecule has 1 aromatic rings. The number of thiol groups is 1. The van der Waals surface area contributed by atoms with Gasteiger partial charge in [0.15, 0.2) is 0 Å². The summed E-state index contributed by atoms with van der Waals surface area (Å²) in [5.74, 6) is 0. The Bertz CT molecular complexity index is 348. The summed E-state index contributed by atoms with van der Waals surface area (Å²) in [6, 6.07) is 6.10. The molecule has 1 aliphatic rings. The highest BCUT2D eigenvalue weighted by Gasteiger charge is 2.09. The van der Waals surface area contributed by atoms with Crippen molar-refractivity contribution in [3.8, 4) is 0 Å². The first-order chi connectivity index (χ1) is 7.75. The second-order valence-electron chi connectivity index (χ2n) is 4.23. The van der Waals surface area contributed by atoms with Crippen molar-refractivity contribution >= 4 is 18.3 Å². The molecule has 0 saturated carbocycles. The number of rotatable bonds is 3. The average Bonchev–Trinajstić information content (AvgIpc) is 2.32. The molecule has 1 aromatic carbocycles. The molecule has 1 aliphatic heterocycles. The predicted molar refractivity (Wildman–Crippen MR) is 71.1 cm³/mol. The summed E-state index contributed by atoms with van der Waals surface area (Å²) in [5, 5.41) is 3.36. The third-order valence-corrected chi connectivity index (χ3v) is 3.41. The van der Waals surface area contributed by atoms with Gasteiger partial charge in [-0.25, -0.2) is 0 Å². The van der Waals surface area contributed by atoms with Crippen LogP contribution in [-0.2, 0) is 6.42 Å². The Labute approximate surface area is 102 Å². The van der Waals surface area contributed by atoms with E-state index in [1.807, 2.05) is 6.07 Å². The summed E-state index contributed by atoms with van der Waals surface area (Å²) in [6.07, 6.45) is 1.08. The zero-order valence-corrected chi connectivity index (χ0v) is 10.3. The van der Waals surface area contributed by atoms with E-state index in [0.717, 1.165) is 49.7 Å². The van der Waals surface area contributed by atoms with Crippen LogP contribution in [0.3, 0.4) is 0 Å². The van der Waals surface area contributed by atoms with E-state index in [-0.39, 0.29) is 0 Å². The van der Waals surface area contributed by atoms with Crippen LogP contribution in [0.4, 0.5) is 5.69 Å². The predicted octanol–water partition coefficient (Wildman–Crippen LogP) is 1.01. The lowest BCUT2D eigenvalue weighted by molar-refractivity contribution is 0.244. The maximum Gasteiger partial charge on any atom is 0.0449 e. The van der Waals surface area contributed by atoms with Crippen molar-refractivity contribution in [3.63, 3.8) is 0 Å². The molecule has 1 saturated heterocycles. The number of anilines is 1. The van der Waals surface area contributed by atoms with Crippen LogP contribution >= 0.6 is 12.6 Å². The Hall–Kier alpha value is -0.710. The first kappa shape index (κ1) is 11.8. The highest BCUT2D eigenvalue weighted by atomic mass is 32.1. The number of piperazine rings is 1. The number of hydrogen-bond donors (Lipinski definition) is 3. The van der Waals surface area contributed by atoms with Crippen molar-refractivity contribution in [2.45, 2.75) is 11.3 Å². The summed E-state index contributed by atoms with van der Waals surface area (Å²) in [4.78, 5) is 3.38. The summed E-state index contributed by atoms with van der Waals surface area (Å²) in [6.45, 7) is 5.66. The van der Waals surface area contributed by atoms with E-state index in [0.29, 0.717) is 0 Å². The minimum atomic E-state index is 0.759. The number of hydrogen-bond acceptors (Lipinski definition) is 4. The minimum Gasteiger partial charge on any atom is -0.398 e. The Morgan fingerprint density at radius 2 is 2.06 bits per heavy atom. The highest BCUT2D eigenvalue weighted by molar-refractivity contribution is 7.80. The maximum absolute atomic E-state index is 5.73. The van der Waals surface area contributed by atoms with Crippen molar-refractivity contribution in [2.24, 2.45) is 0 Å². The molecule has 2 rings (SSSR count). The van der Waals surface area contributed by atoms with Crippen LogP contribution in [0.25, 0.3) is 0 Å². The van der Waals surface area contributed by atoms with Crippen molar-refractivity contribution in [1.82, 2.24) is 10.2 Å². The molecule has 16 heavy (non-hydrogen) atoms. The number of benzene rings is 1. The van der Waals surface area contributed by atoms with Gasteiger partial charge in [0.25, 0.3) is 0 Å². The highest BCUT2D eigenvalue weighted by Crippen LogP contribution is 2.18. The Morgan fingerprint density at radius 3 is 2.75 bits per heavy atom. The van der Waals surface area contributed by atoms with Gasteiger partial charge < -0.3 is 16.0 Å². The van der Waals surface area contributed by atoms with E-state index >= 15 is 0 Å². The van der Waals surface area contributed by atoms with Crippen LogP contribution in [0, 0.1) is 0 Å². The standard InChI is InChI=1S/C12H19N3S/c13-11-2-1-10(9-12(11)16)3-6-15-7-4-14-5-8-15/h1-2,9,14,16H,3-8,13H2. The molecule has 0 aromatic heterocycles. The van der Waals surface area contributed by atoms with Crippen LogP contribution in [0.1, 0.15) is 5.56 Å². The van der Waals surface area contributed by atoms with Crippen molar-refractivity contribution < 1.29 is 0 Å². The molecule has 0 spiro atoms. The van der Waals surface area contributed by atoms with Crippen LogP contribution in [-0.4, -0.2) is 37.6 Å². The Kier molecular flexibility index (Phi) is 4.09. The molecule has 3 N–H and O–H groups in total. The molecule has 3 nitrogen and oxygen atoms in total. The molecule has 4 heteroatoms. The lowest BCUT2D eigenvalue weighted by Gasteiger charge is -2.27. The molecule has 0 amide bonds. The minimum absolute atomic E-state index is 0.759. The van der Waals surface area contributed by atoms with E-state index in [9.17, 15) is 0 Å². The van der Waals surface area contributed by atoms with E-state index in [4.69, 9.17) is 5.73 Å². The summed E-state index contributed by atoms with van der Waals surface area (Å²) in [5.41, 5.74) is 7.81. The fourth-order valence-corrected chi connectivity index (χ4v) is 2.21. The van der Waals surface area contributed by atoms with Gasteiger partial charge >= 0.3 is 0 Å². The van der Waals surface area contributed by atoms with E-state index in [1.165, 1.54) is 5.56 Å². The summed E-state index contributed by atoms with van der Waals surface area (Å²) < 4.78 is 0. The van der Waals surface area contributed by atoms with E-state index in [2.05, 4.69) is 35.0 Å². The summed E-state index contributed by atoms with van der Waals surface area (Å²) in [7, 11) is 0. The monoisotopic (exact) mass is 237 g/mol. The number of nitrogens with two attached hydrogens (primary N) is 1. The smallest absolute Gasteiger partial charge is 0.0449 e. The van der Waals surface area contributed by atoms with Gasteiger partial charge in [0, 0.05) is 43.3 Å². The molecular weight excluding hydrogens is 218 g/mol. The van der Waals surface area contributed by atoms with Gasteiger partial charge in [-0.2, -0.15) is 0 Å². The Morgan fingerprint density at radius 1 is 1.31 bits per heavy atom. The molecule has 1 fully saturated rings. The van der Waals surface area contributed by atoms with Crippen molar-refractivity contribution in [3.05, 3.63) is 23.8 Å². The normalized spacial score (nSPS) is 17.6. The van der Waals surface area contributed by atoms with E-state index in [1.54, 1.807) is 0 Å². The molecule has 1 heterocycles. The number of nitrogen functional groups attached to an aromatic ring is 1. The van der Waals surface area contributed by atoms with E-state index < -0.39 is 0 Å². The number of nitrogens with zero attached hydrogens (tertiary/aromatic N) is 1. The fraction of sp³-hybridized carbons (Fsp3) is 0.500. The Balaban J connectivity index is 1.86. The largest absolute Gasteiger partial charge is 0.398 e. The molecule has 0 aliphatic carbocycles. The SMILES string of the molecule is Nc1ccc(CCN2CCNCC2)cc1S. The lowest BCUT2D eigenvalue weighted by Crippen LogP contribution is -2.44. The summed E-state index contributed by atoms with van der Waals surface area (Å²) >= 11 is 4.34. The molecule has 0 bridgehead atoms. The maximum atomic E-state index is 5.73. The van der Waals surface area contributed by atoms with Crippen LogP contribution in [0.15, 0.2) is 23.1 Å². The molecule has 0 radical (unpaired) electrons. The van der Waals surface area contributed by atoms with Gasteiger partial charge in [0.1, 0.15) is 0 Å². The quantitative estimate of drug-likeness (QED) is 0.543. The van der Waals surface area contributed by atoms with Gasteiger partial charge in [0.05, 0.1) is 0 Å². The molecule has 0 unspecified atom stereocenters. The zero-order chi connectivity index (χ0) is 11.4. The van der Waals surface area contributed by atoms with Gasteiger partial charge in [-0.05, 0) is 24.1 Å². The zero-order valence-electron chi connectivity index (χ0n) is 9.45.